The Bertz CT molecular complexity index is 447. The SMILES string of the molecule is CN=C(NCCc1ccncc1C)NCC1CCCS1.I. The molecular weight excluding hydrogens is 395 g/mol. The van der Waals surface area contributed by atoms with E-state index in [0.717, 1.165) is 30.7 Å². The van der Waals surface area contributed by atoms with Gasteiger partial charge in [-0.25, -0.2) is 0 Å². The molecule has 1 aromatic heterocycles. The standard InChI is InChI=1S/C15H24N4S.HI/c1-12-10-17-7-5-13(12)6-8-18-15(16-2)19-11-14-4-3-9-20-14;/h5,7,10,14H,3-4,6,8-9,11H2,1-2H3,(H2,16,18,19);1H. The Morgan fingerprint density at radius 2 is 2.33 bits per heavy atom. The first-order chi connectivity index (χ1) is 9.79. The number of rotatable bonds is 5. The average molecular weight is 420 g/mol. The second kappa shape index (κ2) is 10.3. The lowest BCUT2D eigenvalue weighted by Crippen LogP contribution is -2.40. The minimum atomic E-state index is 0. The van der Waals surface area contributed by atoms with Crippen molar-refractivity contribution in [2.75, 3.05) is 25.9 Å². The maximum atomic E-state index is 4.28. The highest BCUT2D eigenvalue weighted by atomic mass is 127. The monoisotopic (exact) mass is 420 g/mol. The molecule has 1 aliphatic rings. The lowest BCUT2D eigenvalue weighted by molar-refractivity contribution is 0.724. The molecule has 0 saturated carbocycles. The number of aryl methyl sites for hydroxylation is 1. The number of hydrogen-bond acceptors (Lipinski definition) is 3. The van der Waals surface area contributed by atoms with E-state index in [1.54, 1.807) is 0 Å². The van der Waals surface area contributed by atoms with Crippen molar-refractivity contribution in [3.8, 4) is 0 Å². The maximum Gasteiger partial charge on any atom is 0.191 e. The first-order valence-electron chi connectivity index (χ1n) is 7.25. The molecule has 1 unspecified atom stereocenters. The second-order valence-corrected chi connectivity index (χ2v) is 6.48. The Morgan fingerprint density at radius 3 is 3.00 bits per heavy atom. The van der Waals surface area contributed by atoms with E-state index in [1.807, 2.05) is 19.4 Å². The molecule has 0 aromatic carbocycles. The zero-order chi connectivity index (χ0) is 14.2. The van der Waals surface area contributed by atoms with Crippen LogP contribution in [-0.4, -0.2) is 42.1 Å². The molecule has 118 valence electrons. The van der Waals surface area contributed by atoms with Gasteiger partial charge in [0.15, 0.2) is 5.96 Å². The Kier molecular flexibility index (Phi) is 9.07. The Morgan fingerprint density at radius 1 is 1.48 bits per heavy atom. The van der Waals surface area contributed by atoms with Gasteiger partial charge in [0, 0.05) is 37.8 Å². The summed E-state index contributed by atoms with van der Waals surface area (Å²) < 4.78 is 0. The number of halogens is 1. The third kappa shape index (κ3) is 6.42. The van der Waals surface area contributed by atoms with Gasteiger partial charge in [-0.05, 0) is 49.1 Å². The van der Waals surface area contributed by atoms with Gasteiger partial charge < -0.3 is 10.6 Å². The van der Waals surface area contributed by atoms with Crippen LogP contribution in [0.2, 0.25) is 0 Å². The second-order valence-electron chi connectivity index (χ2n) is 5.07. The number of pyridine rings is 1. The number of nitrogens with zero attached hydrogens (tertiary/aromatic N) is 2. The summed E-state index contributed by atoms with van der Waals surface area (Å²) in [6.07, 6.45) is 7.44. The summed E-state index contributed by atoms with van der Waals surface area (Å²) in [4.78, 5) is 8.39. The molecule has 1 fully saturated rings. The topological polar surface area (TPSA) is 49.3 Å². The van der Waals surface area contributed by atoms with Crippen molar-refractivity contribution >= 4 is 41.7 Å². The fourth-order valence-electron chi connectivity index (χ4n) is 2.33. The van der Waals surface area contributed by atoms with Crippen LogP contribution in [0.15, 0.2) is 23.5 Å². The van der Waals surface area contributed by atoms with Crippen LogP contribution in [0, 0.1) is 6.92 Å². The predicted octanol–water partition coefficient (Wildman–Crippen LogP) is 2.61. The summed E-state index contributed by atoms with van der Waals surface area (Å²) in [6, 6.07) is 2.09. The van der Waals surface area contributed by atoms with Crippen LogP contribution < -0.4 is 10.6 Å². The Labute approximate surface area is 149 Å². The summed E-state index contributed by atoms with van der Waals surface area (Å²) in [5.41, 5.74) is 2.59. The van der Waals surface area contributed by atoms with Gasteiger partial charge in [-0.15, -0.1) is 24.0 Å². The minimum Gasteiger partial charge on any atom is -0.356 e. The number of aromatic nitrogens is 1. The van der Waals surface area contributed by atoms with E-state index >= 15 is 0 Å². The first kappa shape index (κ1) is 18.5. The van der Waals surface area contributed by atoms with Crippen molar-refractivity contribution in [2.45, 2.75) is 31.4 Å². The number of thioether (sulfide) groups is 1. The number of hydrogen-bond donors (Lipinski definition) is 2. The molecule has 1 atom stereocenters. The lowest BCUT2D eigenvalue weighted by Gasteiger charge is -2.15. The fourth-order valence-corrected chi connectivity index (χ4v) is 3.54. The van der Waals surface area contributed by atoms with Gasteiger partial charge in [0.2, 0.25) is 0 Å². The van der Waals surface area contributed by atoms with E-state index in [-0.39, 0.29) is 24.0 Å². The van der Waals surface area contributed by atoms with Gasteiger partial charge >= 0.3 is 0 Å². The zero-order valence-electron chi connectivity index (χ0n) is 12.8. The molecule has 2 heterocycles. The van der Waals surface area contributed by atoms with Gasteiger partial charge in [0.05, 0.1) is 0 Å². The average Bonchev–Trinajstić information content (AvgIpc) is 2.98. The van der Waals surface area contributed by atoms with Crippen LogP contribution in [0.5, 0.6) is 0 Å². The highest BCUT2D eigenvalue weighted by Gasteiger charge is 2.15. The van der Waals surface area contributed by atoms with E-state index in [9.17, 15) is 0 Å². The Hall–Kier alpha value is -0.500. The fraction of sp³-hybridized carbons (Fsp3) is 0.600. The molecule has 0 aliphatic carbocycles. The number of nitrogens with one attached hydrogen (secondary N) is 2. The smallest absolute Gasteiger partial charge is 0.191 e. The maximum absolute atomic E-state index is 4.28. The van der Waals surface area contributed by atoms with Crippen molar-refractivity contribution in [1.29, 1.82) is 0 Å². The molecule has 21 heavy (non-hydrogen) atoms. The summed E-state index contributed by atoms with van der Waals surface area (Å²) in [6.45, 7) is 4.01. The summed E-state index contributed by atoms with van der Waals surface area (Å²) in [5, 5.41) is 7.54. The molecule has 1 aromatic rings. The van der Waals surface area contributed by atoms with Crippen LogP contribution in [-0.2, 0) is 6.42 Å². The molecule has 2 rings (SSSR count). The molecule has 0 bridgehead atoms. The highest BCUT2D eigenvalue weighted by molar-refractivity contribution is 14.0. The molecule has 1 aliphatic heterocycles. The van der Waals surface area contributed by atoms with E-state index in [4.69, 9.17) is 0 Å². The van der Waals surface area contributed by atoms with Crippen molar-refractivity contribution in [1.82, 2.24) is 15.6 Å². The predicted molar refractivity (Wildman–Crippen MR) is 103 cm³/mol. The van der Waals surface area contributed by atoms with Crippen LogP contribution >= 0.6 is 35.7 Å². The lowest BCUT2D eigenvalue weighted by atomic mass is 10.1. The molecule has 1 saturated heterocycles. The summed E-state index contributed by atoms with van der Waals surface area (Å²) in [7, 11) is 1.83. The van der Waals surface area contributed by atoms with Crippen LogP contribution in [0.4, 0.5) is 0 Å². The minimum absolute atomic E-state index is 0. The molecule has 0 spiro atoms. The van der Waals surface area contributed by atoms with Gasteiger partial charge in [-0.1, -0.05) is 0 Å². The van der Waals surface area contributed by atoms with Gasteiger partial charge in [-0.3, -0.25) is 9.98 Å². The van der Waals surface area contributed by atoms with Gasteiger partial charge in [-0.2, -0.15) is 11.8 Å². The molecule has 6 heteroatoms. The molecular formula is C15H25IN4S. The summed E-state index contributed by atoms with van der Waals surface area (Å²) in [5.74, 6) is 2.21. The van der Waals surface area contributed by atoms with Crippen molar-refractivity contribution in [2.24, 2.45) is 4.99 Å². The number of aliphatic imine (C=N–C) groups is 1. The third-order valence-corrected chi connectivity index (χ3v) is 4.97. The quantitative estimate of drug-likeness (QED) is 0.437. The largest absolute Gasteiger partial charge is 0.356 e. The van der Waals surface area contributed by atoms with Crippen LogP contribution in [0.1, 0.15) is 24.0 Å². The summed E-state index contributed by atoms with van der Waals surface area (Å²) >= 11 is 2.07. The number of guanidine groups is 1. The Balaban J connectivity index is 0.00000220. The highest BCUT2D eigenvalue weighted by Crippen LogP contribution is 2.25. The first-order valence-corrected chi connectivity index (χ1v) is 8.30. The van der Waals surface area contributed by atoms with Crippen molar-refractivity contribution in [3.63, 3.8) is 0 Å². The van der Waals surface area contributed by atoms with Gasteiger partial charge in [0.25, 0.3) is 0 Å². The molecule has 2 N–H and O–H groups in total. The van der Waals surface area contributed by atoms with Crippen molar-refractivity contribution in [3.05, 3.63) is 29.6 Å². The third-order valence-electron chi connectivity index (χ3n) is 3.57. The van der Waals surface area contributed by atoms with E-state index in [1.165, 1.54) is 29.7 Å². The zero-order valence-corrected chi connectivity index (χ0v) is 15.9. The molecule has 0 amide bonds. The van der Waals surface area contributed by atoms with Crippen LogP contribution in [0.3, 0.4) is 0 Å². The van der Waals surface area contributed by atoms with Gasteiger partial charge in [0.1, 0.15) is 0 Å². The van der Waals surface area contributed by atoms with E-state index < -0.39 is 0 Å². The normalized spacial score (nSPS) is 18.2. The van der Waals surface area contributed by atoms with E-state index in [2.05, 4.69) is 45.4 Å². The van der Waals surface area contributed by atoms with Crippen molar-refractivity contribution < 1.29 is 0 Å². The van der Waals surface area contributed by atoms with E-state index in [0.29, 0.717) is 0 Å². The van der Waals surface area contributed by atoms with Crippen LogP contribution in [0.25, 0.3) is 0 Å². The molecule has 0 radical (unpaired) electrons. The molecule has 4 nitrogen and oxygen atoms in total.